The molecule has 1 aliphatic heterocycles. The molecule has 1 aliphatic carbocycles. The van der Waals surface area contributed by atoms with Gasteiger partial charge in [-0.3, -0.25) is 9.36 Å². The summed E-state index contributed by atoms with van der Waals surface area (Å²) in [5, 5.41) is 12.8. The highest BCUT2D eigenvalue weighted by atomic mass is 19.3. The molecule has 210 valence electrons. The average Bonchev–Trinajstić information content (AvgIpc) is 3.36. The van der Waals surface area contributed by atoms with Crippen molar-refractivity contribution in [1.29, 1.82) is 0 Å². The molecule has 2 N–H and O–H groups in total. The van der Waals surface area contributed by atoms with Gasteiger partial charge in [-0.05, 0) is 31.9 Å². The highest BCUT2D eigenvalue weighted by Crippen LogP contribution is 2.30. The van der Waals surface area contributed by atoms with Crippen LogP contribution in [0.25, 0.3) is 16.9 Å². The van der Waals surface area contributed by atoms with Gasteiger partial charge in [0, 0.05) is 31.7 Å². The Bertz CT molecular complexity index is 1280. The summed E-state index contributed by atoms with van der Waals surface area (Å²) < 4.78 is 35.1. The lowest BCUT2D eigenvalue weighted by atomic mass is 9.93. The number of para-hydroxylation sites is 2. The van der Waals surface area contributed by atoms with E-state index < -0.39 is 18.3 Å². The van der Waals surface area contributed by atoms with Gasteiger partial charge in [0.1, 0.15) is 17.7 Å². The van der Waals surface area contributed by atoms with E-state index in [-0.39, 0.29) is 36.9 Å². The van der Waals surface area contributed by atoms with Crippen molar-refractivity contribution in [3.63, 3.8) is 0 Å². The molecule has 5 rings (SSSR count). The first-order valence-electron chi connectivity index (χ1n) is 13.6. The van der Waals surface area contributed by atoms with Crippen LogP contribution in [0.15, 0.2) is 30.3 Å². The number of aromatic nitrogens is 4. The standard InChI is InChI=1S/C27H35F2N7O3/c1-18(26(38)35(11-14-37)19-7-3-2-4-8-19)30-27-32-22(34-12-15-39-16-13-34)17-23(33-27)36-21-10-6-5-9-20(21)31-25(36)24(28)29/h5-6,9-10,17-19,24,37H,2-4,7-8,11-16H2,1H3,(H,30,32,33)/t18-/m0/s1. The number of rotatable bonds is 9. The monoisotopic (exact) mass is 543 g/mol. The molecule has 3 heterocycles. The molecule has 12 heteroatoms. The molecule has 0 spiro atoms. The van der Waals surface area contributed by atoms with Crippen molar-refractivity contribution in [1.82, 2.24) is 24.4 Å². The minimum absolute atomic E-state index is 0.0877. The predicted octanol–water partition coefficient (Wildman–Crippen LogP) is 3.54. The maximum absolute atomic E-state index is 14.1. The number of morpholine rings is 1. The summed E-state index contributed by atoms with van der Waals surface area (Å²) in [5.41, 5.74) is 0.936. The second-order valence-corrected chi connectivity index (χ2v) is 10.0. The Morgan fingerprint density at radius 3 is 2.56 bits per heavy atom. The normalized spacial score (nSPS) is 17.5. The highest BCUT2D eigenvalue weighted by Gasteiger charge is 2.29. The van der Waals surface area contributed by atoms with Crippen LogP contribution in [0, 0.1) is 0 Å². The van der Waals surface area contributed by atoms with Crippen LogP contribution in [0.4, 0.5) is 20.5 Å². The molecule has 2 fully saturated rings. The molecular weight excluding hydrogens is 508 g/mol. The zero-order chi connectivity index (χ0) is 27.4. The van der Waals surface area contributed by atoms with E-state index in [0.717, 1.165) is 32.1 Å². The molecule has 1 amide bonds. The molecular formula is C27H35F2N7O3. The van der Waals surface area contributed by atoms with Crippen molar-refractivity contribution in [3.8, 4) is 5.82 Å². The van der Waals surface area contributed by atoms with Crippen LogP contribution >= 0.6 is 0 Å². The van der Waals surface area contributed by atoms with E-state index in [2.05, 4.69) is 20.3 Å². The number of fused-ring (bicyclic) bond motifs is 1. The fourth-order valence-corrected chi connectivity index (χ4v) is 5.46. The topological polar surface area (TPSA) is 109 Å². The Kier molecular flexibility index (Phi) is 8.51. The lowest BCUT2D eigenvalue weighted by molar-refractivity contribution is -0.135. The molecule has 39 heavy (non-hydrogen) atoms. The fraction of sp³-hybridized carbons (Fsp3) is 0.556. The summed E-state index contributed by atoms with van der Waals surface area (Å²) in [6, 6.07) is 7.98. The van der Waals surface area contributed by atoms with Gasteiger partial charge in [-0.1, -0.05) is 31.4 Å². The molecule has 1 saturated carbocycles. The zero-order valence-electron chi connectivity index (χ0n) is 22.1. The molecule has 1 aromatic carbocycles. The largest absolute Gasteiger partial charge is 0.395 e. The first-order chi connectivity index (χ1) is 19.0. The quantitative estimate of drug-likeness (QED) is 0.422. The first-order valence-corrected chi connectivity index (χ1v) is 13.6. The number of imidazole rings is 1. The van der Waals surface area contributed by atoms with E-state index in [1.165, 1.54) is 4.57 Å². The van der Waals surface area contributed by atoms with Crippen LogP contribution in [-0.4, -0.2) is 87.0 Å². The number of nitrogens with zero attached hydrogens (tertiary/aromatic N) is 6. The molecule has 10 nitrogen and oxygen atoms in total. The average molecular weight is 544 g/mol. The summed E-state index contributed by atoms with van der Waals surface area (Å²) >= 11 is 0. The first kappa shape index (κ1) is 27.2. The third kappa shape index (κ3) is 5.96. The smallest absolute Gasteiger partial charge is 0.296 e. The number of anilines is 2. The Balaban J connectivity index is 1.51. The molecule has 2 aromatic heterocycles. The second kappa shape index (κ2) is 12.2. The molecule has 1 atom stereocenters. The Hall–Kier alpha value is -3.38. The number of aliphatic hydroxyl groups excluding tert-OH is 1. The lowest BCUT2D eigenvalue weighted by Crippen LogP contribution is -2.49. The maximum atomic E-state index is 14.1. The number of halogens is 2. The van der Waals surface area contributed by atoms with Gasteiger partial charge in [-0.2, -0.15) is 9.97 Å². The Morgan fingerprint density at radius 1 is 1.13 bits per heavy atom. The summed E-state index contributed by atoms with van der Waals surface area (Å²) in [6.45, 7) is 4.08. The molecule has 3 aromatic rings. The summed E-state index contributed by atoms with van der Waals surface area (Å²) in [6.07, 6.45) is 2.27. The number of alkyl halides is 2. The number of aliphatic hydroxyl groups is 1. The van der Waals surface area contributed by atoms with Crippen molar-refractivity contribution in [2.45, 2.75) is 57.5 Å². The molecule has 0 radical (unpaired) electrons. The third-order valence-electron chi connectivity index (χ3n) is 7.40. The number of carbonyl (C=O) groups is 1. The van der Waals surface area contributed by atoms with Crippen molar-refractivity contribution >= 4 is 28.7 Å². The summed E-state index contributed by atoms with van der Waals surface area (Å²) in [7, 11) is 0. The van der Waals surface area contributed by atoms with Gasteiger partial charge in [0.2, 0.25) is 11.9 Å². The summed E-state index contributed by atoms with van der Waals surface area (Å²) in [5.74, 6) is 0.365. The third-order valence-corrected chi connectivity index (χ3v) is 7.40. The lowest BCUT2D eigenvalue weighted by Gasteiger charge is -2.35. The van der Waals surface area contributed by atoms with E-state index in [1.54, 1.807) is 42.2 Å². The Labute approximate surface area is 226 Å². The van der Waals surface area contributed by atoms with Gasteiger partial charge in [0.05, 0.1) is 30.9 Å². The minimum Gasteiger partial charge on any atom is -0.395 e. The summed E-state index contributed by atoms with van der Waals surface area (Å²) in [4.78, 5) is 30.7. The predicted molar refractivity (Wildman–Crippen MR) is 143 cm³/mol. The van der Waals surface area contributed by atoms with Crippen molar-refractivity contribution in [2.75, 3.05) is 49.7 Å². The van der Waals surface area contributed by atoms with Crippen LogP contribution in [0.1, 0.15) is 51.3 Å². The van der Waals surface area contributed by atoms with Crippen LogP contribution in [0.3, 0.4) is 0 Å². The maximum Gasteiger partial charge on any atom is 0.296 e. The van der Waals surface area contributed by atoms with E-state index in [0.29, 0.717) is 43.2 Å². The number of hydrogen-bond donors (Lipinski definition) is 2. The van der Waals surface area contributed by atoms with Crippen molar-refractivity contribution in [3.05, 3.63) is 36.2 Å². The molecule has 2 aliphatic rings. The number of carbonyl (C=O) groups excluding carboxylic acids is 1. The molecule has 0 unspecified atom stereocenters. The SMILES string of the molecule is C[C@H](Nc1nc(N2CCOCC2)cc(-n2c(C(F)F)nc3ccccc32)n1)C(=O)N(CCO)C1CCCCC1. The van der Waals surface area contributed by atoms with Gasteiger partial charge in [-0.25, -0.2) is 13.8 Å². The van der Waals surface area contributed by atoms with Crippen LogP contribution < -0.4 is 10.2 Å². The van der Waals surface area contributed by atoms with Crippen LogP contribution in [-0.2, 0) is 9.53 Å². The van der Waals surface area contributed by atoms with Crippen molar-refractivity contribution < 1.29 is 23.4 Å². The Morgan fingerprint density at radius 2 is 1.85 bits per heavy atom. The van der Waals surface area contributed by atoms with Gasteiger partial charge in [0.25, 0.3) is 6.43 Å². The molecule has 0 bridgehead atoms. The van der Waals surface area contributed by atoms with Crippen LogP contribution in [0.5, 0.6) is 0 Å². The number of ether oxygens (including phenoxy) is 1. The van der Waals surface area contributed by atoms with Gasteiger partial charge in [0.15, 0.2) is 5.82 Å². The number of nitrogens with one attached hydrogen (secondary N) is 1. The number of benzene rings is 1. The van der Waals surface area contributed by atoms with Gasteiger partial charge < -0.3 is 25.0 Å². The minimum atomic E-state index is -2.82. The van der Waals surface area contributed by atoms with E-state index in [1.807, 2.05) is 4.90 Å². The fourth-order valence-electron chi connectivity index (χ4n) is 5.46. The number of amides is 1. The second-order valence-electron chi connectivity index (χ2n) is 10.0. The van der Waals surface area contributed by atoms with Gasteiger partial charge >= 0.3 is 0 Å². The molecule has 1 saturated heterocycles. The van der Waals surface area contributed by atoms with E-state index >= 15 is 0 Å². The van der Waals surface area contributed by atoms with Crippen molar-refractivity contribution in [2.24, 2.45) is 0 Å². The van der Waals surface area contributed by atoms with E-state index in [4.69, 9.17) is 4.74 Å². The van der Waals surface area contributed by atoms with Gasteiger partial charge in [-0.15, -0.1) is 0 Å². The van der Waals surface area contributed by atoms with E-state index in [9.17, 15) is 18.7 Å². The highest BCUT2D eigenvalue weighted by molar-refractivity contribution is 5.84. The zero-order valence-corrected chi connectivity index (χ0v) is 22.1. The van der Waals surface area contributed by atoms with Crippen LogP contribution in [0.2, 0.25) is 0 Å². The number of hydrogen-bond acceptors (Lipinski definition) is 8.